The molecule has 8 heteroatoms. The molecule has 36 heavy (non-hydrogen) atoms. The number of fused-ring (bicyclic) bond motifs is 1. The summed E-state index contributed by atoms with van der Waals surface area (Å²) < 4.78 is 23.0. The second-order valence-corrected chi connectivity index (χ2v) is 9.97. The van der Waals surface area contributed by atoms with Crippen LogP contribution >= 0.6 is 0 Å². The monoisotopic (exact) mass is 488 g/mol. The summed E-state index contributed by atoms with van der Waals surface area (Å²) in [6.45, 7) is 8.90. The maximum Gasteiger partial charge on any atom is 0.156 e. The summed E-state index contributed by atoms with van der Waals surface area (Å²) in [5.74, 6) is -0.0453. The molecule has 2 saturated heterocycles. The number of hydrogen-bond donors (Lipinski definition) is 1. The first kappa shape index (κ1) is 23.3. The van der Waals surface area contributed by atoms with Gasteiger partial charge in [0.2, 0.25) is 0 Å². The van der Waals surface area contributed by atoms with E-state index >= 15 is 4.39 Å². The van der Waals surface area contributed by atoms with E-state index in [2.05, 4.69) is 45.7 Å². The Morgan fingerprint density at radius 1 is 1.11 bits per heavy atom. The van der Waals surface area contributed by atoms with Gasteiger partial charge in [-0.1, -0.05) is 13.8 Å². The van der Waals surface area contributed by atoms with Crippen LogP contribution in [0.4, 0.5) is 4.39 Å². The quantitative estimate of drug-likeness (QED) is 0.396. The van der Waals surface area contributed by atoms with Gasteiger partial charge in [-0.25, -0.2) is 14.4 Å². The molecule has 6 rings (SSSR count). The molecule has 5 heterocycles. The van der Waals surface area contributed by atoms with Crippen LogP contribution in [0.5, 0.6) is 0 Å². The number of H-pyrrole nitrogens is 1. The molecule has 1 N–H and O–H groups in total. The van der Waals surface area contributed by atoms with Crippen molar-refractivity contribution in [1.82, 2.24) is 29.6 Å². The van der Waals surface area contributed by atoms with Crippen molar-refractivity contribution in [2.24, 2.45) is 0 Å². The number of aryl methyl sites for hydroxylation is 1. The highest BCUT2D eigenvalue weighted by molar-refractivity contribution is 5.91. The summed E-state index contributed by atoms with van der Waals surface area (Å²) in [5, 5.41) is 4.69. The number of benzene rings is 1. The van der Waals surface area contributed by atoms with Crippen LogP contribution in [0.2, 0.25) is 0 Å². The van der Waals surface area contributed by atoms with E-state index in [1.807, 2.05) is 12.4 Å². The van der Waals surface area contributed by atoms with E-state index in [0.29, 0.717) is 30.6 Å². The topological polar surface area (TPSA) is 71.9 Å². The molecule has 0 radical (unpaired) electrons. The van der Waals surface area contributed by atoms with Crippen LogP contribution in [0.1, 0.15) is 56.2 Å². The number of nitrogens with one attached hydrogen (secondary N) is 1. The maximum atomic E-state index is 15.3. The molecule has 0 bridgehead atoms. The van der Waals surface area contributed by atoms with Crippen molar-refractivity contribution in [3.05, 3.63) is 53.9 Å². The third-order valence-corrected chi connectivity index (χ3v) is 7.90. The van der Waals surface area contributed by atoms with Gasteiger partial charge in [-0.2, -0.15) is 5.10 Å². The van der Waals surface area contributed by atoms with Crippen molar-refractivity contribution in [3.63, 3.8) is 0 Å². The van der Waals surface area contributed by atoms with Gasteiger partial charge in [0.15, 0.2) is 5.65 Å². The van der Waals surface area contributed by atoms with Crippen LogP contribution in [0.3, 0.4) is 0 Å². The van der Waals surface area contributed by atoms with Crippen molar-refractivity contribution in [2.45, 2.75) is 51.5 Å². The Labute approximate surface area is 210 Å². The van der Waals surface area contributed by atoms with Gasteiger partial charge in [0.1, 0.15) is 11.3 Å². The molecule has 0 saturated carbocycles. The minimum Gasteiger partial charge on any atom is -0.381 e. The van der Waals surface area contributed by atoms with E-state index < -0.39 is 0 Å². The molecular weight excluding hydrogens is 455 g/mol. The van der Waals surface area contributed by atoms with Gasteiger partial charge in [-0.3, -0.25) is 4.68 Å². The first-order valence-electron chi connectivity index (χ1n) is 13.2. The average molecular weight is 489 g/mol. The number of rotatable bonds is 6. The molecule has 188 valence electrons. The SMILES string of the molecule is CCc1cc(-c2cnc3[nH]cc(-c4cnn(C5CCN(CC)CC5)c4)c3n2)cc(F)c1C1CCOC1. The Bertz CT molecular complexity index is 1360. The number of halogens is 1. The molecule has 4 aromatic rings. The van der Waals surface area contributed by atoms with E-state index in [-0.39, 0.29) is 11.7 Å². The lowest BCUT2D eigenvalue weighted by atomic mass is 9.90. The lowest BCUT2D eigenvalue weighted by Gasteiger charge is -2.31. The van der Waals surface area contributed by atoms with Gasteiger partial charge in [0.25, 0.3) is 0 Å². The molecule has 1 unspecified atom stereocenters. The Hall–Kier alpha value is -3.10. The maximum absolute atomic E-state index is 15.3. The second kappa shape index (κ2) is 9.75. The highest BCUT2D eigenvalue weighted by Crippen LogP contribution is 2.35. The van der Waals surface area contributed by atoms with Crippen LogP contribution in [0, 0.1) is 5.82 Å². The minimum absolute atomic E-state index is 0.129. The Morgan fingerprint density at radius 2 is 1.97 bits per heavy atom. The third kappa shape index (κ3) is 4.22. The first-order valence-corrected chi connectivity index (χ1v) is 13.2. The van der Waals surface area contributed by atoms with Gasteiger partial charge in [-0.05, 0) is 55.5 Å². The Morgan fingerprint density at radius 3 is 2.72 bits per heavy atom. The van der Waals surface area contributed by atoms with Crippen molar-refractivity contribution >= 4 is 11.2 Å². The van der Waals surface area contributed by atoms with Crippen molar-refractivity contribution < 1.29 is 9.13 Å². The van der Waals surface area contributed by atoms with Gasteiger partial charge in [0, 0.05) is 54.7 Å². The number of piperidine rings is 1. The average Bonchev–Trinajstić information content (AvgIpc) is 3.68. The number of hydrogen-bond acceptors (Lipinski definition) is 5. The molecule has 0 spiro atoms. The summed E-state index contributed by atoms with van der Waals surface area (Å²) >= 11 is 0. The van der Waals surface area contributed by atoms with Crippen LogP contribution < -0.4 is 0 Å². The summed E-state index contributed by atoms with van der Waals surface area (Å²) in [4.78, 5) is 15.3. The van der Waals surface area contributed by atoms with E-state index in [1.165, 1.54) is 0 Å². The summed E-state index contributed by atoms with van der Waals surface area (Å²) in [6.07, 6.45) is 11.6. The largest absolute Gasteiger partial charge is 0.381 e. The number of likely N-dealkylation sites (tertiary alicyclic amines) is 1. The fraction of sp³-hybridized carbons (Fsp3) is 0.464. The van der Waals surface area contributed by atoms with Gasteiger partial charge >= 0.3 is 0 Å². The number of aromatic nitrogens is 5. The summed E-state index contributed by atoms with van der Waals surface area (Å²) in [5.41, 5.74) is 6.72. The highest BCUT2D eigenvalue weighted by atomic mass is 19.1. The van der Waals surface area contributed by atoms with Crippen LogP contribution in [-0.4, -0.2) is 62.5 Å². The predicted molar refractivity (Wildman–Crippen MR) is 138 cm³/mol. The highest BCUT2D eigenvalue weighted by Gasteiger charge is 2.25. The van der Waals surface area contributed by atoms with E-state index in [0.717, 1.165) is 78.7 Å². The number of aromatic amines is 1. The van der Waals surface area contributed by atoms with Crippen molar-refractivity contribution in [3.8, 4) is 22.4 Å². The molecule has 7 nitrogen and oxygen atoms in total. The summed E-state index contributed by atoms with van der Waals surface area (Å²) in [6, 6.07) is 4.10. The standard InChI is InChI=1S/C28H33FN6O/c1-3-18-11-20(12-24(29)26(18)19-7-10-36-17-19)25-15-31-28-27(33-25)23(14-30-28)21-13-32-35(16-21)22-5-8-34(4-2)9-6-22/h11-16,19,22H,3-10,17H2,1-2H3,(H,30,31). The molecule has 0 amide bonds. The zero-order chi connectivity index (χ0) is 24.6. The Balaban J connectivity index is 1.32. The van der Waals surface area contributed by atoms with E-state index in [1.54, 1.807) is 12.3 Å². The number of ether oxygens (including phenoxy) is 1. The second-order valence-electron chi connectivity index (χ2n) is 9.97. The molecule has 1 atom stereocenters. The Kier molecular flexibility index (Phi) is 6.31. The minimum atomic E-state index is -0.175. The van der Waals surface area contributed by atoms with E-state index in [4.69, 9.17) is 14.8 Å². The van der Waals surface area contributed by atoms with Crippen LogP contribution in [0.15, 0.2) is 36.9 Å². The lowest BCUT2D eigenvalue weighted by Crippen LogP contribution is -2.34. The molecule has 2 fully saturated rings. The summed E-state index contributed by atoms with van der Waals surface area (Å²) in [7, 11) is 0. The van der Waals surface area contributed by atoms with Gasteiger partial charge in [-0.15, -0.1) is 0 Å². The molecular formula is C28H33FN6O. The lowest BCUT2D eigenvalue weighted by molar-refractivity contribution is 0.187. The molecule has 1 aromatic carbocycles. The van der Waals surface area contributed by atoms with Gasteiger partial charge in [0.05, 0.1) is 30.7 Å². The molecule has 2 aliphatic heterocycles. The third-order valence-electron chi connectivity index (χ3n) is 7.90. The zero-order valence-corrected chi connectivity index (χ0v) is 21.0. The fourth-order valence-corrected chi connectivity index (χ4v) is 5.76. The van der Waals surface area contributed by atoms with E-state index in [9.17, 15) is 0 Å². The van der Waals surface area contributed by atoms with Crippen LogP contribution in [0.25, 0.3) is 33.5 Å². The smallest absolute Gasteiger partial charge is 0.156 e. The van der Waals surface area contributed by atoms with Crippen LogP contribution in [-0.2, 0) is 11.2 Å². The van der Waals surface area contributed by atoms with Crippen molar-refractivity contribution in [2.75, 3.05) is 32.8 Å². The fourth-order valence-electron chi connectivity index (χ4n) is 5.76. The first-order chi connectivity index (χ1) is 17.6. The molecule has 0 aliphatic carbocycles. The molecule has 3 aromatic heterocycles. The zero-order valence-electron chi connectivity index (χ0n) is 21.0. The molecule has 2 aliphatic rings. The van der Waals surface area contributed by atoms with Gasteiger partial charge < -0.3 is 14.6 Å². The normalized spacial score (nSPS) is 19.5. The predicted octanol–water partition coefficient (Wildman–Crippen LogP) is 5.35. The number of nitrogens with zero attached hydrogens (tertiary/aromatic N) is 5. The van der Waals surface area contributed by atoms with Crippen molar-refractivity contribution in [1.29, 1.82) is 0 Å².